The predicted molar refractivity (Wildman–Crippen MR) is 43.4 cm³/mol. The van der Waals surface area contributed by atoms with E-state index in [2.05, 4.69) is 10.1 Å². The monoisotopic (exact) mass is 181 g/mol. The molecule has 0 saturated carbocycles. The maximum absolute atomic E-state index is 10.5. The van der Waals surface area contributed by atoms with E-state index >= 15 is 0 Å². The Morgan fingerprint density at radius 1 is 1.58 bits per heavy atom. The molecular weight excluding hydrogens is 178 g/mol. The molecule has 0 aliphatic carbocycles. The fraction of sp³-hybridized carbons (Fsp3) is 0. The molecule has 0 aromatic carbocycles. The van der Waals surface area contributed by atoms with Crippen LogP contribution < -0.4 is 0 Å². The Morgan fingerprint density at radius 2 is 2.42 bits per heavy atom. The van der Waals surface area contributed by atoms with Gasteiger partial charge in [-0.1, -0.05) is 11.6 Å². The van der Waals surface area contributed by atoms with Gasteiger partial charge in [0.2, 0.25) is 0 Å². The molecule has 0 amide bonds. The van der Waals surface area contributed by atoms with Gasteiger partial charge in [0.1, 0.15) is 11.8 Å². The number of aldehydes is 1. The van der Waals surface area contributed by atoms with Crippen LogP contribution >= 0.6 is 11.6 Å². The molecule has 0 saturated heterocycles. The summed E-state index contributed by atoms with van der Waals surface area (Å²) in [7, 11) is 0. The largest absolute Gasteiger partial charge is 0.298 e. The van der Waals surface area contributed by atoms with Crippen molar-refractivity contribution >= 4 is 23.4 Å². The second-order valence-electron chi connectivity index (χ2n) is 2.23. The van der Waals surface area contributed by atoms with E-state index in [9.17, 15) is 4.79 Å². The first kappa shape index (κ1) is 7.24. The summed E-state index contributed by atoms with van der Waals surface area (Å²) in [6.45, 7) is 0. The molecule has 2 rings (SSSR count). The zero-order chi connectivity index (χ0) is 8.55. The molecule has 0 radical (unpaired) electrons. The van der Waals surface area contributed by atoms with E-state index in [0.717, 1.165) is 6.29 Å². The Bertz CT molecular complexity index is 437. The number of carbonyl (C=O) groups is 1. The van der Waals surface area contributed by atoms with Gasteiger partial charge in [-0.3, -0.25) is 4.79 Å². The van der Waals surface area contributed by atoms with Gasteiger partial charge in [0, 0.05) is 11.8 Å². The molecule has 0 N–H and O–H groups in total. The number of halogens is 1. The van der Waals surface area contributed by atoms with Crippen LogP contribution in [0, 0.1) is 0 Å². The van der Waals surface area contributed by atoms with Crippen molar-refractivity contribution in [1.29, 1.82) is 0 Å². The van der Waals surface area contributed by atoms with Gasteiger partial charge in [0.05, 0.1) is 0 Å². The van der Waals surface area contributed by atoms with E-state index in [0.29, 0.717) is 11.1 Å². The maximum atomic E-state index is 10.5. The molecule has 0 aliphatic rings. The van der Waals surface area contributed by atoms with Crippen molar-refractivity contribution in [2.24, 2.45) is 0 Å². The number of hydrogen-bond acceptors (Lipinski definition) is 3. The zero-order valence-corrected chi connectivity index (χ0v) is 6.69. The smallest absolute Gasteiger partial charge is 0.157 e. The quantitative estimate of drug-likeness (QED) is 0.621. The van der Waals surface area contributed by atoms with Crippen LogP contribution in [0.25, 0.3) is 5.52 Å². The van der Waals surface area contributed by atoms with E-state index in [4.69, 9.17) is 11.6 Å². The molecule has 2 heterocycles. The average Bonchev–Trinajstić information content (AvgIpc) is 2.49. The van der Waals surface area contributed by atoms with Crippen molar-refractivity contribution in [1.82, 2.24) is 14.6 Å². The number of rotatable bonds is 1. The lowest BCUT2D eigenvalue weighted by Gasteiger charge is -1.94. The normalized spacial score (nSPS) is 10.4. The Hall–Kier alpha value is -1.42. The zero-order valence-electron chi connectivity index (χ0n) is 5.94. The Labute approximate surface area is 72.8 Å². The average molecular weight is 182 g/mol. The van der Waals surface area contributed by atoms with Gasteiger partial charge in [-0.25, -0.2) is 9.50 Å². The lowest BCUT2D eigenvalue weighted by molar-refractivity contribution is 0.112. The van der Waals surface area contributed by atoms with Crippen molar-refractivity contribution in [2.75, 3.05) is 0 Å². The Morgan fingerprint density at radius 3 is 3.17 bits per heavy atom. The highest BCUT2D eigenvalue weighted by Crippen LogP contribution is 2.16. The van der Waals surface area contributed by atoms with Crippen LogP contribution in [0.4, 0.5) is 0 Å². The van der Waals surface area contributed by atoms with Gasteiger partial charge in [0.25, 0.3) is 0 Å². The van der Waals surface area contributed by atoms with Crippen LogP contribution in [0.15, 0.2) is 18.6 Å². The molecule has 2 aromatic heterocycles. The van der Waals surface area contributed by atoms with Crippen LogP contribution in [0.2, 0.25) is 5.15 Å². The highest BCUT2D eigenvalue weighted by molar-refractivity contribution is 6.33. The molecule has 4 nitrogen and oxygen atoms in total. The SMILES string of the molecule is O=Cc1ccn2ncnc(Cl)c12. The van der Waals surface area contributed by atoms with Crippen molar-refractivity contribution in [3.63, 3.8) is 0 Å². The molecule has 0 atom stereocenters. The highest BCUT2D eigenvalue weighted by atomic mass is 35.5. The Kier molecular flexibility index (Phi) is 1.55. The summed E-state index contributed by atoms with van der Waals surface area (Å²) in [4.78, 5) is 14.3. The van der Waals surface area contributed by atoms with Crippen molar-refractivity contribution in [3.05, 3.63) is 29.3 Å². The molecular formula is C7H4ClN3O. The van der Waals surface area contributed by atoms with Crippen LogP contribution in [-0.2, 0) is 0 Å². The minimum absolute atomic E-state index is 0.289. The lowest BCUT2D eigenvalue weighted by Crippen LogP contribution is -1.92. The van der Waals surface area contributed by atoms with Gasteiger partial charge in [-0.05, 0) is 6.07 Å². The van der Waals surface area contributed by atoms with Crippen LogP contribution in [0.1, 0.15) is 10.4 Å². The highest BCUT2D eigenvalue weighted by Gasteiger charge is 2.06. The van der Waals surface area contributed by atoms with Gasteiger partial charge < -0.3 is 0 Å². The first-order valence-electron chi connectivity index (χ1n) is 3.26. The minimum Gasteiger partial charge on any atom is -0.298 e. The lowest BCUT2D eigenvalue weighted by atomic mass is 10.3. The van der Waals surface area contributed by atoms with E-state index in [-0.39, 0.29) is 5.15 Å². The third kappa shape index (κ3) is 0.887. The summed E-state index contributed by atoms with van der Waals surface area (Å²) in [6, 6.07) is 1.64. The summed E-state index contributed by atoms with van der Waals surface area (Å²) in [6.07, 6.45) is 3.72. The number of aromatic nitrogens is 3. The first-order valence-corrected chi connectivity index (χ1v) is 3.64. The number of nitrogens with zero attached hydrogens (tertiary/aromatic N) is 3. The van der Waals surface area contributed by atoms with Crippen LogP contribution in [-0.4, -0.2) is 20.9 Å². The van der Waals surface area contributed by atoms with E-state index in [1.807, 2.05) is 0 Å². The second-order valence-corrected chi connectivity index (χ2v) is 2.59. The standard InChI is InChI=1S/C7H4ClN3O/c8-7-6-5(3-12)1-2-11(6)10-4-9-7/h1-4H. The van der Waals surface area contributed by atoms with Gasteiger partial charge in [-0.15, -0.1) is 0 Å². The summed E-state index contributed by atoms with van der Waals surface area (Å²) < 4.78 is 1.51. The number of fused-ring (bicyclic) bond motifs is 1. The molecule has 12 heavy (non-hydrogen) atoms. The van der Waals surface area contributed by atoms with Crippen molar-refractivity contribution in [3.8, 4) is 0 Å². The summed E-state index contributed by atoms with van der Waals surface area (Å²) in [5, 5.41) is 4.16. The predicted octanol–water partition coefficient (Wildman–Crippen LogP) is 1.20. The topological polar surface area (TPSA) is 47.3 Å². The first-order chi connectivity index (χ1) is 5.83. The minimum atomic E-state index is 0.289. The van der Waals surface area contributed by atoms with E-state index < -0.39 is 0 Å². The second kappa shape index (κ2) is 2.57. The van der Waals surface area contributed by atoms with E-state index in [1.165, 1.54) is 10.8 Å². The number of carbonyl (C=O) groups excluding carboxylic acids is 1. The molecule has 0 fully saturated rings. The van der Waals surface area contributed by atoms with Crippen LogP contribution in [0.3, 0.4) is 0 Å². The van der Waals surface area contributed by atoms with Crippen molar-refractivity contribution < 1.29 is 4.79 Å². The summed E-state index contributed by atoms with van der Waals surface area (Å²) in [5.74, 6) is 0. The molecule has 60 valence electrons. The number of hydrogen-bond donors (Lipinski definition) is 0. The Balaban J connectivity index is 2.91. The van der Waals surface area contributed by atoms with E-state index in [1.54, 1.807) is 12.3 Å². The molecule has 0 aliphatic heterocycles. The van der Waals surface area contributed by atoms with Gasteiger partial charge >= 0.3 is 0 Å². The molecule has 0 unspecified atom stereocenters. The third-order valence-electron chi connectivity index (χ3n) is 1.57. The third-order valence-corrected chi connectivity index (χ3v) is 1.84. The van der Waals surface area contributed by atoms with Gasteiger partial charge in [-0.2, -0.15) is 5.10 Å². The molecule has 2 aromatic rings. The van der Waals surface area contributed by atoms with Crippen LogP contribution in [0.5, 0.6) is 0 Å². The summed E-state index contributed by atoms with van der Waals surface area (Å²) >= 11 is 5.75. The van der Waals surface area contributed by atoms with Gasteiger partial charge in [0.15, 0.2) is 11.4 Å². The fourth-order valence-electron chi connectivity index (χ4n) is 1.03. The molecule has 5 heteroatoms. The summed E-state index contributed by atoms with van der Waals surface area (Å²) in [5.41, 5.74) is 1.05. The molecule has 0 spiro atoms. The molecule has 0 bridgehead atoms. The fourth-order valence-corrected chi connectivity index (χ4v) is 1.27. The van der Waals surface area contributed by atoms with Crippen molar-refractivity contribution in [2.45, 2.75) is 0 Å². The maximum Gasteiger partial charge on any atom is 0.157 e.